The van der Waals surface area contributed by atoms with Crippen LogP contribution in [0.4, 0.5) is 0 Å². The van der Waals surface area contributed by atoms with Crippen molar-refractivity contribution >= 4 is 39.6 Å². The van der Waals surface area contributed by atoms with Crippen molar-refractivity contribution in [1.82, 2.24) is 9.97 Å². The number of fused-ring (bicyclic) bond motifs is 1. The molecule has 14 heavy (non-hydrogen) atoms. The van der Waals surface area contributed by atoms with E-state index in [9.17, 15) is 4.79 Å². The van der Waals surface area contributed by atoms with Crippen LogP contribution in [0.3, 0.4) is 0 Å². The summed E-state index contributed by atoms with van der Waals surface area (Å²) in [6, 6.07) is 3.69. The Labute approximate surface area is 89.9 Å². The zero-order valence-electron chi connectivity index (χ0n) is 7.37. The van der Waals surface area contributed by atoms with Gasteiger partial charge >= 0.3 is 0 Å². The number of rotatable bonds is 2. The predicted molar refractivity (Wildman–Crippen MR) is 58.1 cm³/mol. The molecule has 2 rings (SSSR count). The van der Waals surface area contributed by atoms with Crippen LogP contribution in [0.2, 0.25) is 0 Å². The molecule has 0 amide bonds. The van der Waals surface area contributed by atoms with Gasteiger partial charge in [-0.1, -0.05) is 0 Å². The fourth-order valence-electron chi connectivity index (χ4n) is 1.29. The van der Waals surface area contributed by atoms with Crippen LogP contribution in [0.25, 0.3) is 11.0 Å². The average molecular weight is 227 g/mol. The number of halogens is 1. The lowest BCUT2D eigenvalue weighted by Crippen LogP contribution is -1.91. The fraction of sp³-hybridized carbons (Fsp3) is 0.111. The van der Waals surface area contributed by atoms with Crippen LogP contribution in [-0.2, 0) is 0 Å². The van der Waals surface area contributed by atoms with Crippen molar-refractivity contribution in [3.8, 4) is 0 Å². The van der Waals surface area contributed by atoms with Gasteiger partial charge in [-0.3, -0.25) is 4.79 Å². The second-order valence-electron chi connectivity index (χ2n) is 2.75. The highest BCUT2D eigenvalue weighted by molar-refractivity contribution is 7.98. The van der Waals surface area contributed by atoms with Crippen LogP contribution in [0, 0.1) is 0 Å². The van der Waals surface area contributed by atoms with Gasteiger partial charge in [0, 0.05) is 4.90 Å². The lowest BCUT2D eigenvalue weighted by atomic mass is 10.2. The molecule has 0 spiro atoms. The van der Waals surface area contributed by atoms with Gasteiger partial charge in [0.1, 0.15) is 5.52 Å². The molecule has 0 atom stereocenters. The van der Waals surface area contributed by atoms with E-state index in [1.165, 1.54) is 0 Å². The number of aromatic nitrogens is 2. The van der Waals surface area contributed by atoms with Crippen molar-refractivity contribution in [2.75, 3.05) is 6.26 Å². The van der Waals surface area contributed by atoms with E-state index in [1.807, 2.05) is 12.3 Å². The van der Waals surface area contributed by atoms with Gasteiger partial charge in [-0.25, -0.2) is 4.98 Å². The van der Waals surface area contributed by atoms with Crippen molar-refractivity contribution in [1.29, 1.82) is 0 Å². The maximum absolute atomic E-state index is 11.1. The van der Waals surface area contributed by atoms with Crippen LogP contribution >= 0.6 is 23.4 Å². The number of imidazole rings is 1. The fourth-order valence-corrected chi connectivity index (χ4v) is 1.91. The van der Waals surface area contributed by atoms with Gasteiger partial charge in [-0.15, -0.1) is 11.8 Å². The summed E-state index contributed by atoms with van der Waals surface area (Å²) in [7, 11) is 0. The molecule has 0 aliphatic carbocycles. The lowest BCUT2D eigenvalue weighted by Gasteiger charge is -2.00. The maximum Gasteiger partial charge on any atom is 0.254 e. The van der Waals surface area contributed by atoms with E-state index in [-0.39, 0.29) is 0 Å². The number of hydrogen-bond acceptors (Lipinski definition) is 3. The number of benzene rings is 1. The molecular formula is C9H7ClN2OS. The van der Waals surface area contributed by atoms with E-state index in [2.05, 4.69) is 9.97 Å². The molecule has 0 unspecified atom stereocenters. The Balaban J connectivity index is 2.76. The van der Waals surface area contributed by atoms with Gasteiger partial charge in [-0.2, -0.15) is 0 Å². The minimum Gasteiger partial charge on any atom is -0.345 e. The second kappa shape index (κ2) is 3.63. The lowest BCUT2D eigenvalue weighted by molar-refractivity contribution is 0.108. The Bertz CT molecular complexity index is 495. The van der Waals surface area contributed by atoms with Gasteiger partial charge < -0.3 is 4.98 Å². The van der Waals surface area contributed by atoms with Crippen molar-refractivity contribution in [2.24, 2.45) is 0 Å². The molecule has 0 aliphatic rings. The molecule has 5 heteroatoms. The van der Waals surface area contributed by atoms with Gasteiger partial charge in [0.2, 0.25) is 0 Å². The first-order valence-corrected chi connectivity index (χ1v) is 5.53. The SMILES string of the molecule is CSc1cc(C(=O)Cl)c2nc[nH]c2c1. The summed E-state index contributed by atoms with van der Waals surface area (Å²) in [6.07, 6.45) is 3.50. The number of nitrogens with one attached hydrogen (secondary N) is 1. The molecule has 1 N–H and O–H groups in total. The number of H-pyrrole nitrogens is 1. The highest BCUT2D eigenvalue weighted by Gasteiger charge is 2.11. The number of carbonyl (C=O) groups is 1. The zero-order chi connectivity index (χ0) is 10.1. The van der Waals surface area contributed by atoms with E-state index in [0.717, 1.165) is 10.4 Å². The smallest absolute Gasteiger partial charge is 0.254 e. The quantitative estimate of drug-likeness (QED) is 0.633. The summed E-state index contributed by atoms with van der Waals surface area (Å²) in [5.41, 5.74) is 1.92. The van der Waals surface area contributed by atoms with Gasteiger partial charge in [0.05, 0.1) is 17.4 Å². The Kier molecular flexibility index (Phi) is 2.48. The highest BCUT2D eigenvalue weighted by atomic mass is 35.5. The Morgan fingerprint density at radius 3 is 3.00 bits per heavy atom. The predicted octanol–water partition coefficient (Wildman–Crippen LogP) is 2.66. The molecule has 1 aromatic heterocycles. The normalized spacial score (nSPS) is 10.7. The van der Waals surface area contributed by atoms with Crippen LogP contribution in [0.1, 0.15) is 10.4 Å². The van der Waals surface area contributed by atoms with Crippen molar-refractivity contribution in [3.63, 3.8) is 0 Å². The van der Waals surface area contributed by atoms with Gasteiger partial charge in [0.25, 0.3) is 5.24 Å². The van der Waals surface area contributed by atoms with E-state index in [0.29, 0.717) is 11.1 Å². The van der Waals surface area contributed by atoms with Crippen LogP contribution in [-0.4, -0.2) is 21.5 Å². The maximum atomic E-state index is 11.1. The minimum absolute atomic E-state index is 0.453. The summed E-state index contributed by atoms with van der Waals surface area (Å²) in [6.45, 7) is 0. The van der Waals surface area contributed by atoms with Crippen LogP contribution < -0.4 is 0 Å². The largest absolute Gasteiger partial charge is 0.345 e. The van der Waals surface area contributed by atoms with E-state index >= 15 is 0 Å². The molecule has 1 aromatic carbocycles. The molecule has 0 bridgehead atoms. The number of thioether (sulfide) groups is 1. The van der Waals surface area contributed by atoms with Gasteiger partial charge in [-0.05, 0) is 30.0 Å². The second-order valence-corrected chi connectivity index (χ2v) is 3.97. The van der Waals surface area contributed by atoms with Crippen molar-refractivity contribution in [3.05, 3.63) is 24.0 Å². The number of aromatic amines is 1. The first kappa shape index (κ1) is 9.55. The molecule has 3 nitrogen and oxygen atoms in total. The standard InChI is InChI=1S/C9H7ClN2OS/c1-14-5-2-6(9(10)13)8-7(3-5)11-4-12-8/h2-4H,1H3,(H,11,12). The summed E-state index contributed by atoms with van der Waals surface area (Å²) >= 11 is 7.03. The Morgan fingerprint density at radius 2 is 2.36 bits per heavy atom. The number of nitrogens with zero attached hydrogens (tertiary/aromatic N) is 1. The molecule has 72 valence electrons. The van der Waals surface area contributed by atoms with E-state index in [4.69, 9.17) is 11.6 Å². The van der Waals surface area contributed by atoms with Crippen LogP contribution in [0.5, 0.6) is 0 Å². The number of hydrogen-bond donors (Lipinski definition) is 1. The summed E-state index contributed by atoms with van der Waals surface area (Å²) in [5.74, 6) is 0. The third-order valence-electron chi connectivity index (χ3n) is 1.94. The molecule has 0 saturated carbocycles. The highest BCUT2D eigenvalue weighted by Crippen LogP contribution is 2.24. The summed E-state index contributed by atoms with van der Waals surface area (Å²) in [4.78, 5) is 19.1. The summed E-state index contributed by atoms with van der Waals surface area (Å²) in [5, 5.41) is -0.474. The molecule has 0 fully saturated rings. The third-order valence-corrected chi connectivity index (χ3v) is 2.86. The Morgan fingerprint density at radius 1 is 1.57 bits per heavy atom. The van der Waals surface area contributed by atoms with Crippen molar-refractivity contribution in [2.45, 2.75) is 4.90 Å². The first-order chi connectivity index (χ1) is 6.72. The first-order valence-electron chi connectivity index (χ1n) is 3.93. The molecule has 2 aromatic rings. The zero-order valence-corrected chi connectivity index (χ0v) is 8.95. The van der Waals surface area contributed by atoms with E-state index in [1.54, 1.807) is 24.2 Å². The van der Waals surface area contributed by atoms with Crippen LogP contribution in [0.15, 0.2) is 23.4 Å². The average Bonchev–Trinajstić information content (AvgIpc) is 2.63. The van der Waals surface area contributed by atoms with Gasteiger partial charge in [0.15, 0.2) is 0 Å². The third kappa shape index (κ3) is 1.51. The molecule has 0 aliphatic heterocycles. The summed E-state index contributed by atoms with van der Waals surface area (Å²) < 4.78 is 0. The molecule has 1 heterocycles. The minimum atomic E-state index is -0.474. The Hall–Kier alpha value is -1.00. The topological polar surface area (TPSA) is 45.8 Å². The monoisotopic (exact) mass is 226 g/mol. The molecule has 0 saturated heterocycles. The van der Waals surface area contributed by atoms with E-state index < -0.39 is 5.24 Å². The molecule has 0 radical (unpaired) electrons. The molecular weight excluding hydrogens is 220 g/mol. The van der Waals surface area contributed by atoms with Crippen molar-refractivity contribution < 1.29 is 4.79 Å². The number of carbonyl (C=O) groups excluding carboxylic acids is 1.